The summed E-state index contributed by atoms with van der Waals surface area (Å²) >= 11 is 0. The number of carbonyl (C=O) groups excluding carboxylic acids is 1. The van der Waals surface area contributed by atoms with Crippen molar-refractivity contribution < 1.29 is 19.1 Å². The first-order chi connectivity index (χ1) is 7.27. The molecule has 15 heavy (non-hydrogen) atoms. The van der Waals surface area contributed by atoms with Gasteiger partial charge in [0.15, 0.2) is 0 Å². The second-order valence-electron chi connectivity index (χ2n) is 3.06. The molecule has 0 fully saturated rings. The molecule has 0 radical (unpaired) electrons. The zero-order valence-corrected chi connectivity index (χ0v) is 8.60. The first kappa shape index (κ1) is 11.7. The number of aliphatic hydroxyl groups excluding tert-OH is 1. The molecule has 84 valence electrons. The lowest BCUT2D eigenvalue weighted by atomic mass is 10.2. The third-order valence-electron chi connectivity index (χ3n) is 1.94. The summed E-state index contributed by atoms with van der Waals surface area (Å²) in [5, 5.41) is 11.7. The lowest BCUT2D eigenvalue weighted by molar-refractivity contribution is -0.123. The Morgan fingerprint density at radius 3 is 3.07 bits per heavy atom. The number of methoxy groups -OCH3 is 1. The predicted octanol–water partition coefficient (Wildman–Crippen LogP) is 0.466. The second kappa shape index (κ2) is 6.21. The van der Waals surface area contributed by atoms with Crippen molar-refractivity contribution in [2.24, 2.45) is 0 Å². The molecule has 1 atom stereocenters. The number of amides is 1. The van der Waals surface area contributed by atoms with Crippen LogP contribution in [0.3, 0.4) is 0 Å². The molecule has 0 bridgehead atoms. The Morgan fingerprint density at radius 1 is 1.73 bits per heavy atom. The quantitative estimate of drug-likeness (QED) is 0.720. The van der Waals surface area contributed by atoms with E-state index in [4.69, 9.17) is 14.3 Å². The fourth-order valence-electron chi connectivity index (χ4n) is 1.16. The Labute approximate surface area is 88.0 Å². The Hall–Kier alpha value is -1.33. The largest absolute Gasteiger partial charge is 0.467 e. The van der Waals surface area contributed by atoms with E-state index in [0.29, 0.717) is 12.4 Å². The number of aliphatic hydroxyl groups is 1. The van der Waals surface area contributed by atoms with Crippen molar-refractivity contribution in [1.82, 2.24) is 5.32 Å². The minimum absolute atomic E-state index is 0.174. The smallest absolute Gasteiger partial charge is 0.222 e. The van der Waals surface area contributed by atoms with E-state index in [0.717, 1.165) is 0 Å². The molecule has 5 nitrogen and oxygen atoms in total. The average Bonchev–Trinajstić information content (AvgIpc) is 2.76. The van der Waals surface area contributed by atoms with Crippen molar-refractivity contribution in [3.8, 4) is 0 Å². The highest BCUT2D eigenvalue weighted by Crippen LogP contribution is 2.12. The summed E-state index contributed by atoms with van der Waals surface area (Å²) in [4.78, 5) is 11.3. The summed E-state index contributed by atoms with van der Waals surface area (Å²) in [5.74, 6) is 0.371. The second-order valence-corrected chi connectivity index (χ2v) is 3.06. The normalized spacial score (nSPS) is 12.4. The molecule has 0 aliphatic heterocycles. The zero-order valence-electron chi connectivity index (χ0n) is 8.60. The fourth-order valence-corrected chi connectivity index (χ4v) is 1.16. The van der Waals surface area contributed by atoms with Crippen LogP contribution in [-0.2, 0) is 9.53 Å². The summed E-state index contributed by atoms with van der Waals surface area (Å²) in [6.45, 7) is 0.175. The molecule has 0 aromatic carbocycles. The van der Waals surface area contributed by atoms with Crippen LogP contribution < -0.4 is 5.32 Å². The van der Waals surface area contributed by atoms with Gasteiger partial charge in [0.2, 0.25) is 5.91 Å². The molecular formula is C10H15NO4. The third-order valence-corrected chi connectivity index (χ3v) is 1.94. The minimum Gasteiger partial charge on any atom is -0.467 e. The summed E-state index contributed by atoms with van der Waals surface area (Å²) < 4.78 is 9.86. The van der Waals surface area contributed by atoms with E-state index < -0.39 is 6.04 Å². The Balaban J connectivity index is 2.44. The van der Waals surface area contributed by atoms with E-state index in [9.17, 15) is 4.79 Å². The van der Waals surface area contributed by atoms with Crippen molar-refractivity contribution in [1.29, 1.82) is 0 Å². The van der Waals surface area contributed by atoms with Gasteiger partial charge in [-0.25, -0.2) is 0 Å². The molecule has 1 amide bonds. The standard InChI is InChI=1S/C10H15NO4/c1-14-6-4-10(13)11-8(7-12)9-3-2-5-15-9/h2-3,5,8,12H,4,6-7H2,1H3,(H,11,13). The van der Waals surface area contributed by atoms with Crippen molar-refractivity contribution in [2.75, 3.05) is 20.3 Å². The van der Waals surface area contributed by atoms with Crippen LogP contribution in [0, 0.1) is 0 Å². The maximum absolute atomic E-state index is 11.3. The molecule has 0 aliphatic rings. The van der Waals surface area contributed by atoms with Crippen LogP contribution in [0.15, 0.2) is 22.8 Å². The Kier molecular flexibility index (Phi) is 4.86. The molecule has 1 heterocycles. The summed E-state index contributed by atoms with van der Waals surface area (Å²) in [7, 11) is 1.53. The van der Waals surface area contributed by atoms with Crippen molar-refractivity contribution >= 4 is 5.91 Å². The van der Waals surface area contributed by atoms with Crippen molar-refractivity contribution in [3.05, 3.63) is 24.2 Å². The van der Waals surface area contributed by atoms with Gasteiger partial charge in [0.25, 0.3) is 0 Å². The summed E-state index contributed by atoms with van der Waals surface area (Å²) in [5.41, 5.74) is 0. The number of furan rings is 1. The highest BCUT2D eigenvalue weighted by atomic mass is 16.5. The van der Waals surface area contributed by atoms with Crippen LogP contribution in [0.5, 0.6) is 0 Å². The van der Waals surface area contributed by atoms with Gasteiger partial charge in [-0.15, -0.1) is 0 Å². The lowest BCUT2D eigenvalue weighted by Crippen LogP contribution is -2.31. The lowest BCUT2D eigenvalue weighted by Gasteiger charge is -2.13. The predicted molar refractivity (Wildman–Crippen MR) is 53.2 cm³/mol. The topological polar surface area (TPSA) is 71.7 Å². The van der Waals surface area contributed by atoms with E-state index in [1.165, 1.54) is 13.4 Å². The van der Waals surface area contributed by atoms with Crippen LogP contribution in [0.25, 0.3) is 0 Å². The van der Waals surface area contributed by atoms with Crippen LogP contribution >= 0.6 is 0 Å². The molecule has 0 aliphatic carbocycles. The monoisotopic (exact) mass is 213 g/mol. The summed E-state index contributed by atoms with van der Waals surface area (Å²) in [6.07, 6.45) is 1.77. The molecule has 0 saturated heterocycles. The van der Waals surface area contributed by atoms with Gasteiger partial charge in [0, 0.05) is 13.5 Å². The zero-order chi connectivity index (χ0) is 11.1. The van der Waals surface area contributed by atoms with Gasteiger partial charge in [-0.05, 0) is 12.1 Å². The number of hydrogen-bond acceptors (Lipinski definition) is 4. The first-order valence-electron chi connectivity index (χ1n) is 4.70. The molecular weight excluding hydrogens is 198 g/mol. The Morgan fingerprint density at radius 2 is 2.53 bits per heavy atom. The Bertz CT molecular complexity index is 284. The highest BCUT2D eigenvalue weighted by molar-refractivity contribution is 5.76. The fraction of sp³-hybridized carbons (Fsp3) is 0.500. The van der Waals surface area contributed by atoms with Gasteiger partial charge in [-0.3, -0.25) is 4.79 Å². The van der Waals surface area contributed by atoms with Crippen molar-refractivity contribution in [3.63, 3.8) is 0 Å². The molecule has 0 saturated carbocycles. The number of nitrogens with one attached hydrogen (secondary N) is 1. The van der Waals surface area contributed by atoms with Crippen LogP contribution in [0.4, 0.5) is 0 Å². The van der Waals surface area contributed by atoms with E-state index in [1.54, 1.807) is 12.1 Å². The number of hydrogen-bond donors (Lipinski definition) is 2. The van der Waals surface area contributed by atoms with Gasteiger partial charge in [-0.2, -0.15) is 0 Å². The molecule has 1 unspecified atom stereocenters. The van der Waals surface area contributed by atoms with Crippen LogP contribution in [0.2, 0.25) is 0 Å². The number of rotatable bonds is 6. The highest BCUT2D eigenvalue weighted by Gasteiger charge is 2.15. The molecule has 2 N–H and O–H groups in total. The minimum atomic E-state index is -0.482. The molecule has 0 spiro atoms. The van der Waals surface area contributed by atoms with Crippen LogP contribution in [-0.4, -0.2) is 31.3 Å². The van der Waals surface area contributed by atoms with Crippen LogP contribution in [0.1, 0.15) is 18.2 Å². The van der Waals surface area contributed by atoms with E-state index >= 15 is 0 Å². The number of carbonyl (C=O) groups is 1. The average molecular weight is 213 g/mol. The SMILES string of the molecule is COCCC(=O)NC(CO)c1ccco1. The third kappa shape index (κ3) is 3.73. The van der Waals surface area contributed by atoms with E-state index in [-0.39, 0.29) is 18.9 Å². The summed E-state index contributed by atoms with van der Waals surface area (Å²) in [6, 6.07) is 2.93. The number of ether oxygens (including phenoxy) is 1. The van der Waals surface area contributed by atoms with Gasteiger partial charge in [-0.1, -0.05) is 0 Å². The van der Waals surface area contributed by atoms with Gasteiger partial charge in [0.05, 0.1) is 19.5 Å². The van der Waals surface area contributed by atoms with Crippen molar-refractivity contribution in [2.45, 2.75) is 12.5 Å². The van der Waals surface area contributed by atoms with Gasteiger partial charge < -0.3 is 19.6 Å². The van der Waals surface area contributed by atoms with Gasteiger partial charge in [0.1, 0.15) is 11.8 Å². The van der Waals surface area contributed by atoms with E-state index in [2.05, 4.69) is 5.32 Å². The van der Waals surface area contributed by atoms with E-state index in [1.807, 2.05) is 0 Å². The molecule has 1 rings (SSSR count). The van der Waals surface area contributed by atoms with Gasteiger partial charge >= 0.3 is 0 Å². The maximum Gasteiger partial charge on any atom is 0.222 e. The molecule has 1 aromatic heterocycles. The first-order valence-corrected chi connectivity index (χ1v) is 4.70. The maximum atomic E-state index is 11.3. The molecule has 5 heteroatoms. The molecule has 1 aromatic rings.